The molecule has 1 aliphatic heterocycles. The molecule has 0 amide bonds. The number of fused-ring (bicyclic) bond motifs is 1. The Labute approximate surface area is 142 Å². The molecule has 3 aromatic rings. The van der Waals surface area contributed by atoms with Crippen LogP contribution in [0.3, 0.4) is 0 Å². The summed E-state index contributed by atoms with van der Waals surface area (Å²) in [6.45, 7) is 5.41. The molecule has 0 radical (unpaired) electrons. The molecule has 2 N–H and O–H groups in total. The fourth-order valence-corrected chi connectivity index (χ4v) is 3.55. The van der Waals surface area contributed by atoms with Crippen LogP contribution in [0.1, 0.15) is 24.1 Å². The second-order valence-electron chi connectivity index (χ2n) is 6.75. The Bertz CT molecular complexity index is 801. The number of hydrogen-bond acceptors (Lipinski definition) is 3. The molecule has 0 atom stereocenters. The highest BCUT2D eigenvalue weighted by molar-refractivity contribution is 5.84. The number of aromatic amines is 1. The third-order valence-electron chi connectivity index (χ3n) is 4.96. The number of benzene rings is 2. The van der Waals surface area contributed by atoms with Gasteiger partial charge in [-0.25, -0.2) is 0 Å². The summed E-state index contributed by atoms with van der Waals surface area (Å²) in [5, 5.41) is 12.3. The van der Waals surface area contributed by atoms with E-state index in [-0.39, 0.29) is 0 Å². The van der Waals surface area contributed by atoms with Crippen LogP contribution in [0.2, 0.25) is 0 Å². The molecule has 124 valence electrons. The summed E-state index contributed by atoms with van der Waals surface area (Å²) in [5.41, 5.74) is 4.78. The van der Waals surface area contributed by atoms with Gasteiger partial charge in [0, 0.05) is 36.7 Å². The monoisotopic (exact) mass is 320 g/mol. The largest absolute Gasteiger partial charge is 0.382 e. The Morgan fingerprint density at radius 2 is 1.92 bits per heavy atom. The minimum absolute atomic E-state index is 0.557. The average molecular weight is 320 g/mol. The number of nitrogens with zero attached hydrogens (tertiary/aromatic N) is 2. The first kappa shape index (κ1) is 15.2. The third kappa shape index (κ3) is 3.29. The molecule has 2 aromatic carbocycles. The van der Waals surface area contributed by atoms with Gasteiger partial charge in [-0.1, -0.05) is 30.3 Å². The summed E-state index contributed by atoms with van der Waals surface area (Å²) in [6, 6.07) is 17.8. The maximum atomic E-state index is 4.27. The lowest BCUT2D eigenvalue weighted by Gasteiger charge is -2.33. The van der Waals surface area contributed by atoms with Gasteiger partial charge in [0.05, 0.1) is 11.2 Å². The van der Waals surface area contributed by atoms with Crippen LogP contribution in [-0.4, -0.2) is 34.2 Å². The molecule has 4 rings (SSSR count). The Balaban J connectivity index is 1.34. The van der Waals surface area contributed by atoms with E-state index < -0.39 is 0 Å². The first-order valence-electron chi connectivity index (χ1n) is 8.75. The molecule has 1 saturated heterocycles. The lowest BCUT2D eigenvalue weighted by Crippen LogP contribution is -2.38. The summed E-state index contributed by atoms with van der Waals surface area (Å²) in [5.74, 6) is 0. The molecule has 4 nitrogen and oxygen atoms in total. The summed E-state index contributed by atoms with van der Waals surface area (Å²) in [7, 11) is 0. The van der Waals surface area contributed by atoms with Crippen LogP contribution in [0.25, 0.3) is 10.9 Å². The highest BCUT2D eigenvalue weighted by atomic mass is 15.1. The Kier molecular flexibility index (Phi) is 4.22. The Hall–Kier alpha value is -2.33. The van der Waals surface area contributed by atoms with Gasteiger partial charge in [0.1, 0.15) is 0 Å². The number of hydrogen-bond donors (Lipinski definition) is 2. The molecule has 4 heteroatoms. The molecule has 24 heavy (non-hydrogen) atoms. The van der Waals surface area contributed by atoms with E-state index in [9.17, 15) is 0 Å². The van der Waals surface area contributed by atoms with Crippen molar-refractivity contribution >= 4 is 16.6 Å². The van der Waals surface area contributed by atoms with E-state index in [0.717, 1.165) is 30.8 Å². The summed E-state index contributed by atoms with van der Waals surface area (Å²) < 4.78 is 0. The number of piperidine rings is 1. The second kappa shape index (κ2) is 6.65. The van der Waals surface area contributed by atoms with E-state index in [1.54, 1.807) is 0 Å². The normalized spacial score (nSPS) is 16.5. The number of aromatic nitrogens is 2. The van der Waals surface area contributed by atoms with E-state index in [1.165, 1.54) is 29.5 Å². The van der Waals surface area contributed by atoms with Gasteiger partial charge < -0.3 is 5.32 Å². The first-order chi connectivity index (χ1) is 11.8. The number of H-pyrrole nitrogens is 1. The molecule has 0 saturated carbocycles. The van der Waals surface area contributed by atoms with Crippen LogP contribution < -0.4 is 5.32 Å². The molecule has 1 aromatic heterocycles. The maximum Gasteiger partial charge on any atom is 0.0670 e. The lowest BCUT2D eigenvalue weighted by molar-refractivity contribution is 0.211. The summed E-state index contributed by atoms with van der Waals surface area (Å²) in [4.78, 5) is 2.55. The highest BCUT2D eigenvalue weighted by Gasteiger charge is 2.19. The van der Waals surface area contributed by atoms with Crippen molar-refractivity contribution in [2.75, 3.05) is 18.4 Å². The molecule has 0 aliphatic carbocycles. The van der Waals surface area contributed by atoms with Gasteiger partial charge in [0.2, 0.25) is 0 Å². The molecule has 2 heterocycles. The lowest BCUT2D eigenvalue weighted by atomic mass is 10.0. The van der Waals surface area contributed by atoms with E-state index in [1.807, 2.05) is 6.92 Å². The van der Waals surface area contributed by atoms with Crippen molar-refractivity contribution in [1.82, 2.24) is 15.1 Å². The van der Waals surface area contributed by atoms with E-state index in [2.05, 4.69) is 68.9 Å². The van der Waals surface area contributed by atoms with Gasteiger partial charge in [-0.2, -0.15) is 5.10 Å². The SMILES string of the molecule is Cc1n[nH]c2ccc(NC3CCN(Cc4ccccc4)CC3)cc12. The fraction of sp³-hybridized carbons (Fsp3) is 0.350. The quantitative estimate of drug-likeness (QED) is 0.765. The maximum absolute atomic E-state index is 4.27. The third-order valence-corrected chi connectivity index (χ3v) is 4.96. The van der Waals surface area contributed by atoms with E-state index in [0.29, 0.717) is 6.04 Å². The second-order valence-corrected chi connectivity index (χ2v) is 6.75. The predicted molar refractivity (Wildman–Crippen MR) is 99.2 cm³/mol. The van der Waals surface area contributed by atoms with Gasteiger partial charge in [0.25, 0.3) is 0 Å². The number of nitrogens with one attached hydrogen (secondary N) is 2. The predicted octanol–water partition coefficient (Wildman–Crippen LogP) is 3.95. The fourth-order valence-electron chi connectivity index (χ4n) is 3.55. The zero-order chi connectivity index (χ0) is 16.4. The van der Waals surface area contributed by atoms with Gasteiger partial charge in [0.15, 0.2) is 0 Å². The van der Waals surface area contributed by atoms with Crippen LogP contribution in [0.15, 0.2) is 48.5 Å². The minimum atomic E-state index is 0.557. The smallest absolute Gasteiger partial charge is 0.0670 e. The van der Waals surface area contributed by atoms with Crippen molar-refractivity contribution in [3.63, 3.8) is 0 Å². The van der Waals surface area contributed by atoms with Crippen molar-refractivity contribution in [2.24, 2.45) is 0 Å². The van der Waals surface area contributed by atoms with Crippen molar-refractivity contribution < 1.29 is 0 Å². The zero-order valence-corrected chi connectivity index (χ0v) is 14.1. The number of rotatable bonds is 4. The number of likely N-dealkylation sites (tertiary alicyclic amines) is 1. The average Bonchev–Trinajstić information content (AvgIpc) is 2.98. The Morgan fingerprint density at radius 1 is 1.12 bits per heavy atom. The summed E-state index contributed by atoms with van der Waals surface area (Å²) in [6.07, 6.45) is 2.38. The van der Waals surface area contributed by atoms with Gasteiger partial charge in [-0.3, -0.25) is 10.00 Å². The van der Waals surface area contributed by atoms with E-state index >= 15 is 0 Å². The van der Waals surface area contributed by atoms with Crippen LogP contribution in [0, 0.1) is 6.92 Å². The molecule has 0 unspecified atom stereocenters. The first-order valence-corrected chi connectivity index (χ1v) is 8.75. The van der Waals surface area contributed by atoms with Crippen LogP contribution in [-0.2, 0) is 6.54 Å². The van der Waals surface area contributed by atoms with Crippen LogP contribution >= 0.6 is 0 Å². The molecule has 1 aliphatic rings. The minimum Gasteiger partial charge on any atom is -0.382 e. The van der Waals surface area contributed by atoms with Crippen molar-refractivity contribution in [3.8, 4) is 0 Å². The van der Waals surface area contributed by atoms with Gasteiger partial charge in [-0.15, -0.1) is 0 Å². The van der Waals surface area contributed by atoms with Crippen LogP contribution in [0.5, 0.6) is 0 Å². The van der Waals surface area contributed by atoms with E-state index in [4.69, 9.17) is 0 Å². The Morgan fingerprint density at radius 3 is 2.71 bits per heavy atom. The molecule has 0 bridgehead atoms. The van der Waals surface area contributed by atoms with Gasteiger partial charge in [-0.05, 0) is 43.5 Å². The zero-order valence-electron chi connectivity index (χ0n) is 14.1. The van der Waals surface area contributed by atoms with Crippen molar-refractivity contribution in [3.05, 3.63) is 59.8 Å². The highest BCUT2D eigenvalue weighted by Crippen LogP contribution is 2.23. The van der Waals surface area contributed by atoms with Crippen molar-refractivity contribution in [1.29, 1.82) is 0 Å². The van der Waals surface area contributed by atoms with Crippen LogP contribution in [0.4, 0.5) is 5.69 Å². The summed E-state index contributed by atoms with van der Waals surface area (Å²) >= 11 is 0. The molecular formula is C20H24N4. The molecule has 0 spiro atoms. The van der Waals surface area contributed by atoms with Gasteiger partial charge >= 0.3 is 0 Å². The van der Waals surface area contributed by atoms with Crippen molar-refractivity contribution in [2.45, 2.75) is 32.4 Å². The number of anilines is 1. The number of aryl methyl sites for hydroxylation is 1. The standard InChI is InChI=1S/C20H24N4/c1-15-19-13-18(7-8-20(19)23-22-15)21-17-9-11-24(12-10-17)14-16-5-3-2-4-6-16/h2-8,13,17,21H,9-12,14H2,1H3,(H,22,23). The molecule has 1 fully saturated rings. The molecular weight excluding hydrogens is 296 g/mol. The topological polar surface area (TPSA) is 44.0 Å².